The molecule has 3 rings (SSSR count). The predicted molar refractivity (Wildman–Crippen MR) is 91.4 cm³/mol. The normalized spacial score (nSPS) is 17.2. The lowest BCUT2D eigenvalue weighted by Gasteiger charge is -2.17. The van der Waals surface area contributed by atoms with Crippen molar-refractivity contribution in [3.63, 3.8) is 0 Å². The number of halogens is 1. The Kier molecular flexibility index (Phi) is 4.34. The van der Waals surface area contributed by atoms with Gasteiger partial charge in [-0.3, -0.25) is 9.59 Å². The fourth-order valence-corrected chi connectivity index (χ4v) is 2.82. The van der Waals surface area contributed by atoms with E-state index in [1.807, 2.05) is 31.2 Å². The highest BCUT2D eigenvalue weighted by atomic mass is 19.1. The molecule has 0 aliphatic carbocycles. The minimum atomic E-state index is -0.443. The zero-order valence-corrected chi connectivity index (χ0v) is 13.7. The van der Waals surface area contributed by atoms with Crippen LogP contribution < -0.4 is 10.2 Å². The molecule has 0 radical (unpaired) electrons. The van der Waals surface area contributed by atoms with E-state index < -0.39 is 11.7 Å². The van der Waals surface area contributed by atoms with E-state index in [4.69, 9.17) is 0 Å². The Morgan fingerprint density at radius 1 is 1.17 bits per heavy atom. The van der Waals surface area contributed by atoms with E-state index in [9.17, 15) is 14.0 Å². The third-order valence-electron chi connectivity index (χ3n) is 4.30. The number of nitrogens with one attached hydrogen (secondary N) is 1. The lowest BCUT2D eigenvalue weighted by Crippen LogP contribution is -2.28. The van der Waals surface area contributed by atoms with Crippen LogP contribution in [0.4, 0.5) is 15.8 Å². The number of rotatable bonds is 3. The number of anilines is 2. The van der Waals surface area contributed by atoms with E-state index >= 15 is 0 Å². The Morgan fingerprint density at radius 3 is 2.58 bits per heavy atom. The highest BCUT2D eigenvalue weighted by Gasteiger charge is 2.35. The van der Waals surface area contributed by atoms with Gasteiger partial charge in [0, 0.05) is 24.3 Å². The van der Waals surface area contributed by atoms with Crippen molar-refractivity contribution >= 4 is 23.2 Å². The first-order valence-corrected chi connectivity index (χ1v) is 7.88. The second kappa shape index (κ2) is 6.43. The molecule has 1 saturated heterocycles. The number of carbonyl (C=O) groups excluding carboxylic acids is 2. The van der Waals surface area contributed by atoms with E-state index in [1.54, 1.807) is 17.9 Å². The monoisotopic (exact) mass is 326 g/mol. The van der Waals surface area contributed by atoms with Gasteiger partial charge in [0.1, 0.15) is 5.82 Å². The molecule has 124 valence electrons. The maximum Gasteiger partial charge on any atom is 0.229 e. The van der Waals surface area contributed by atoms with Gasteiger partial charge < -0.3 is 10.2 Å². The molecule has 2 amide bonds. The highest BCUT2D eigenvalue weighted by molar-refractivity contribution is 6.03. The van der Waals surface area contributed by atoms with Gasteiger partial charge >= 0.3 is 0 Å². The number of hydrogen-bond donors (Lipinski definition) is 1. The van der Waals surface area contributed by atoms with Crippen LogP contribution in [0.1, 0.15) is 17.5 Å². The van der Waals surface area contributed by atoms with Gasteiger partial charge in [-0.15, -0.1) is 0 Å². The molecule has 1 heterocycles. The highest BCUT2D eigenvalue weighted by Crippen LogP contribution is 2.27. The van der Waals surface area contributed by atoms with Crippen LogP contribution in [-0.2, 0) is 9.59 Å². The maximum atomic E-state index is 13.3. The molecule has 1 atom stereocenters. The summed E-state index contributed by atoms with van der Waals surface area (Å²) in [7, 11) is 0. The van der Waals surface area contributed by atoms with E-state index in [-0.39, 0.29) is 18.2 Å². The van der Waals surface area contributed by atoms with E-state index in [0.29, 0.717) is 12.2 Å². The zero-order valence-electron chi connectivity index (χ0n) is 13.7. The van der Waals surface area contributed by atoms with Crippen molar-refractivity contribution in [2.75, 3.05) is 16.8 Å². The summed E-state index contributed by atoms with van der Waals surface area (Å²) in [5, 5.41) is 2.74. The molecule has 1 aliphatic rings. The Bertz CT molecular complexity index is 786. The summed E-state index contributed by atoms with van der Waals surface area (Å²) in [6, 6.07) is 11.9. The molecule has 1 fully saturated rings. The van der Waals surface area contributed by atoms with Crippen LogP contribution in [-0.4, -0.2) is 18.4 Å². The van der Waals surface area contributed by atoms with Gasteiger partial charge in [-0.2, -0.15) is 0 Å². The van der Waals surface area contributed by atoms with Crippen LogP contribution in [0.15, 0.2) is 42.5 Å². The average Bonchev–Trinajstić information content (AvgIpc) is 2.94. The van der Waals surface area contributed by atoms with Crippen molar-refractivity contribution in [2.45, 2.75) is 20.3 Å². The molecule has 2 aromatic rings. The largest absolute Gasteiger partial charge is 0.325 e. The molecule has 0 saturated carbocycles. The number of carbonyl (C=O) groups is 2. The quantitative estimate of drug-likeness (QED) is 0.939. The van der Waals surface area contributed by atoms with Crippen molar-refractivity contribution < 1.29 is 14.0 Å². The first-order chi connectivity index (χ1) is 11.4. The average molecular weight is 326 g/mol. The smallest absolute Gasteiger partial charge is 0.229 e. The van der Waals surface area contributed by atoms with Gasteiger partial charge in [0.2, 0.25) is 11.8 Å². The van der Waals surface area contributed by atoms with Crippen molar-refractivity contribution in [1.29, 1.82) is 0 Å². The van der Waals surface area contributed by atoms with Crippen molar-refractivity contribution in [3.05, 3.63) is 59.4 Å². The molecule has 0 aromatic heterocycles. The van der Waals surface area contributed by atoms with Crippen LogP contribution in [0.2, 0.25) is 0 Å². The SMILES string of the molecule is Cc1ccc(N2C[C@H](C(=O)Nc3cc(F)ccc3C)CC2=O)cc1. The molecule has 24 heavy (non-hydrogen) atoms. The second-order valence-electron chi connectivity index (χ2n) is 6.19. The minimum absolute atomic E-state index is 0.0741. The summed E-state index contributed by atoms with van der Waals surface area (Å²) in [5.41, 5.74) is 3.13. The molecule has 0 unspecified atom stereocenters. The van der Waals surface area contributed by atoms with Crippen molar-refractivity contribution in [3.8, 4) is 0 Å². The number of benzene rings is 2. The predicted octanol–water partition coefficient (Wildman–Crippen LogP) is 3.43. The topological polar surface area (TPSA) is 49.4 Å². The molecule has 5 heteroatoms. The Labute approximate surface area is 140 Å². The third kappa shape index (κ3) is 3.30. The lowest BCUT2D eigenvalue weighted by atomic mass is 10.1. The fourth-order valence-electron chi connectivity index (χ4n) is 2.82. The van der Waals surface area contributed by atoms with Gasteiger partial charge in [0.05, 0.1) is 5.92 Å². The Balaban J connectivity index is 1.72. The van der Waals surface area contributed by atoms with Gasteiger partial charge in [0.15, 0.2) is 0 Å². The summed E-state index contributed by atoms with van der Waals surface area (Å²) in [5.74, 6) is -1.18. The number of aryl methyl sites for hydroxylation is 2. The van der Waals surface area contributed by atoms with Crippen molar-refractivity contribution in [1.82, 2.24) is 0 Å². The summed E-state index contributed by atoms with van der Waals surface area (Å²) in [6.45, 7) is 4.11. The van der Waals surface area contributed by atoms with Crippen LogP contribution in [0, 0.1) is 25.6 Å². The number of hydrogen-bond acceptors (Lipinski definition) is 2. The lowest BCUT2D eigenvalue weighted by molar-refractivity contribution is -0.122. The molecule has 4 nitrogen and oxygen atoms in total. The van der Waals surface area contributed by atoms with Crippen LogP contribution >= 0.6 is 0 Å². The molecule has 0 spiro atoms. The van der Waals surface area contributed by atoms with Gasteiger partial charge in [-0.1, -0.05) is 23.8 Å². The summed E-state index contributed by atoms with van der Waals surface area (Å²) in [4.78, 5) is 26.3. The molecule has 1 N–H and O–H groups in total. The van der Waals surface area contributed by atoms with Crippen LogP contribution in [0.25, 0.3) is 0 Å². The van der Waals surface area contributed by atoms with Gasteiger partial charge in [-0.05, 0) is 43.7 Å². The molecule has 2 aromatic carbocycles. The molecular weight excluding hydrogens is 307 g/mol. The van der Waals surface area contributed by atoms with Gasteiger partial charge in [0.25, 0.3) is 0 Å². The van der Waals surface area contributed by atoms with Gasteiger partial charge in [-0.25, -0.2) is 4.39 Å². The Morgan fingerprint density at radius 2 is 1.88 bits per heavy atom. The maximum absolute atomic E-state index is 13.3. The molecular formula is C19H19FN2O2. The first kappa shape index (κ1) is 16.2. The van der Waals surface area contributed by atoms with E-state index in [2.05, 4.69) is 5.32 Å². The third-order valence-corrected chi connectivity index (χ3v) is 4.30. The molecule has 1 aliphatic heterocycles. The second-order valence-corrected chi connectivity index (χ2v) is 6.19. The van der Waals surface area contributed by atoms with Crippen molar-refractivity contribution in [2.24, 2.45) is 5.92 Å². The standard InChI is InChI=1S/C19H19FN2O2/c1-12-3-7-16(8-4-12)22-11-14(9-18(22)23)19(24)21-17-10-15(20)6-5-13(17)2/h3-8,10,14H,9,11H2,1-2H3,(H,21,24)/t14-/m1/s1. The molecule has 0 bridgehead atoms. The number of nitrogens with zero attached hydrogens (tertiary/aromatic N) is 1. The van der Waals surface area contributed by atoms with E-state index in [0.717, 1.165) is 16.8 Å². The summed E-state index contributed by atoms with van der Waals surface area (Å²) in [6.07, 6.45) is 0.161. The van der Waals surface area contributed by atoms with Crippen LogP contribution in [0.3, 0.4) is 0 Å². The van der Waals surface area contributed by atoms with Crippen LogP contribution in [0.5, 0.6) is 0 Å². The minimum Gasteiger partial charge on any atom is -0.325 e. The summed E-state index contributed by atoms with van der Waals surface area (Å²) < 4.78 is 13.3. The Hall–Kier alpha value is -2.69. The fraction of sp³-hybridized carbons (Fsp3) is 0.263. The summed E-state index contributed by atoms with van der Waals surface area (Å²) >= 11 is 0. The van der Waals surface area contributed by atoms with E-state index in [1.165, 1.54) is 12.1 Å². The number of amides is 2. The zero-order chi connectivity index (χ0) is 17.3. The first-order valence-electron chi connectivity index (χ1n) is 7.88.